The minimum absolute atomic E-state index is 0.0889. The van der Waals surface area contributed by atoms with Gasteiger partial charge in [0.2, 0.25) is 0 Å². The van der Waals surface area contributed by atoms with E-state index >= 15 is 0 Å². The van der Waals surface area contributed by atoms with Crippen LogP contribution in [0.1, 0.15) is 13.8 Å². The highest BCUT2D eigenvalue weighted by Crippen LogP contribution is 2.08. The summed E-state index contributed by atoms with van der Waals surface area (Å²) in [6, 6.07) is 0.0889. The Morgan fingerprint density at radius 3 is 2.47 bits per heavy atom. The molecule has 2 amide bonds. The van der Waals surface area contributed by atoms with Crippen LogP contribution in [0.5, 0.6) is 0 Å². The fourth-order valence-corrected chi connectivity index (χ4v) is 1.60. The highest BCUT2D eigenvalue weighted by atomic mass is 16.5. The maximum absolute atomic E-state index is 11.6. The van der Waals surface area contributed by atoms with Crippen molar-refractivity contribution in [2.45, 2.75) is 19.9 Å². The van der Waals surface area contributed by atoms with E-state index in [0.29, 0.717) is 26.2 Å². The normalized spacial score (nSPS) is 17.9. The molecule has 0 spiro atoms. The molecule has 1 saturated heterocycles. The lowest BCUT2D eigenvalue weighted by Crippen LogP contribution is -2.56. The van der Waals surface area contributed by atoms with Crippen LogP contribution in [0.25, 0.3) is 0 Å². The zero-order valence-electron chi connectivity index (χ0n) is 9.52. The van der Waals surface area contributed by atoms with Gasteiger partial charge in [0.05, 0.1) is 6.61 Å². The summed E-state index contributed by atoms with van der Waals surface area (Å²) in [5, 5.41) is 0. The van der Waals surface area contributed by atoms with E-state index in [1.165, 1.54) is 0 Å². The average Bonchev–Trinajstić information content (AvgIpc) is 2.20. The standard InChI is InChI=1S/C10H18N2O3/c1-8(2)12-5-4-11(6-7-15-3)9(13)10(12)14/h8H,4-7H2,1-3H3. The van der Waals surface area contributed by atoms with Crippen LogP contribution < -0.4 is 0 Å². The minimum atomic E-state index is -0.410. The summed E-state index contributed by atoms with van der Waals surface area (Å²) in [5.41, 5.74) is 0. The van der Waals surface area contributed by atoms with E-state index in [1.54, 1.807) is 16.9 Å². The number of rotatable bonds is 4. The van der Waals surface area contributed by atoms with Crippen LogP contribution in [-0.2, 0) is 14.3 Å². The van der Waals surface area contributed by atoms with Gasteiger partial charge in [0.15, 0.2) is 0 Å². The van der Waals surface area contributed by atoms with Crippen molar-refractivity contribution < 1.29 is 14.3 Å². The Morgan fingerprint density at radius 1 is 1.27 bits per heavy atom. The number of hydrogen-bond donors (Lipinski definition) is 0. The highest BCUT2D eigenvalue weighted by molar-refractivity contribution is 6.35. The summed E-state index contributed by atoms with van der Waals surface area (Å²) in [4.78, 5) is 26.4. The predicted octanol–water partition coefficient (Wildman–Crippen LogP) is -0.288. The Morgan fingerprint density at radius 2 is 1.93 bits per heavy atom. The Kier molecular flexibility index (Phi) is 4.08. The third kappa shape index (κ3) is 2.68. The molecular formula is C10H18N2O3. The van der Waals surface area contributed by atoms with Gasteiger partial charge in [-0.15, -0.1) is 0 Å². The molecule has 86 valence electrons. The van der Waals surface area contributed by atoms with Crippen LogP contribution in [0.4, 0.5) is 0 Å². The van der Waals surface area contributed by atoms with Gasteiger partial charge >= 0.3 is 11.8 Å². The number of ether oxygens (including phenoxy) is 1. The molecule has 1 aliphatic rings. The molecule has 0 N–H and O–H groups in total. The van der Waals surface area contributed by atoms with Crippen molar-refractivity contribution in [3.63, 3.8) is 0 Å². The zero-order valence-corrected chi connectivity index (χ0v) is 9.52. The lowest BCUT2D eigenvalue weighted by atomic mass is 10.2. The van der Waals surface area contributed by atoms with Crippen LogP contribution in [-0.4, -0.2) is 61.0 Å². The second-order valence-corrected chi connectivity index (χ2v) is 3.88. The first-order valence-corrected chi connectivity index (χ1v) is 5.16. The zero-order chi connectivity index (χ0) is 11.4. The van der Waals surface area contributed by atoms with Gasteiger partial charge in [-0.05, 0) is 13.8 Å². The summed E-state index contributed by atoms with van der Waals surface area (Å²) in [6.07, 6.45) is 0. The van der Waals surface area contributed by atoms with Gasteiger partial charge in [0.25, 0.3) is 0 Å². The monoisotopic (exact) mass is 214 g/mol. The average molecular weight is 214 g/mol. The first kappa shape index (κ1) is 12.0. The molecule has 0 unspecified atom stereocenters. The van der Waals surface area contributed by atoms with Crippen LogP contribution >= 0.6 is 0 Å². The van der Waals surface area contributed by atoms with E-state index in [9.17, 15) is 9.59 Å². The molecule has 0 radical (unpaired) electrons. The molecule has 1 aliphatic heterocycles. The second kappa shape index (κ2) is 5.11. The van der Waals surface area contributed by atoms with Crippen molar-refractivity contribution in [1.82, 2.24) is 9.80 Å². The largest absolute Gasteiger partial charge is 0.383 e. The molecule has 15 heavy (non-hydrogen) atoms. The summed E-state index contributed by atoms with van der Waals surface area (Å²) in [5.74, 6) is -0.806. The molecule has 0 aromatic heterocycles. The Balaban J connectivity index is 2.57. The number of carbonyl (C=O) groups is 2. The van der Waals surface area contributed by atoms with Crippen molar-refractivity contribution in [1.29, 1.82) is 0 Å². The Labute approximate surface area is 90.0 Å². The lowest BCUT2D eigenvalue weighted by Gasteiger charge is -2.35. The van der Waals surface area contributed by atoms with Gasteiger partial charge in [-0.1, -0.05) is 0 Å². The van der Waals surface area contributed by atoms with Crippen molar-refractivity contribution in [2.24, 2.45) is 0 Å². The number of amides is 2. The van der Waals surface area contributed by atoms with Crippen LogP contribution in [0.3, 0.4) is 0 Å². The molecule has 5 nitrogen and oxygen atoms in total. The smallest absolute Gasteiger partial charge is 0.312 e. The molecular weight excluding hydrogens is 196 g/mol. The van der Waals surface area contributed by atoms with E-state index < -0.39 is 11.8 Å². The van der Waals surface area contributed by atoms with Crippen molar-refractivity contribution >= 4 is 11.8 Å². The number of methoxy groups -OCH3 is 1. The molecule has 0 aromatic carbocycles. The fourth-order valence-electron chi connectivity index (χ4n) is 1.60. The van der Waals surface area contributed by atoms with Gasteiger partial charge in [0, 0.05) is 32.8 Å². The highest BCUT2D eigenvalue weighted by Gasteiger charge is 2.33. The fraction of sp³-hybridized carbons (Fsp3) is 0.800. The van der Waals surface area contributed by atoms with Crippen LogP contribution in [0, 0.1) is 0 Å². The predicted molar refractivity (Wildman–Crippen MR) is 55.3 cm³/mol. The minimum Gasteiger partial charge on any atom is -0.383 e. The van der Waals surface area contributed by atoms with Crippen LogP contribution in [0.2, 0.25) is 0 Å². The van der Waals surface area contributed by atoms with Gasteiger partial charge in [-0.2, -0.15) is 0 Å². The molecule has 0 aromatic rings. The first-order chi connectivity index (χ1) is 7.07. The quantitative estimate of drug-likeness (QED) is 0.604. The molecule has 0 bridgehead atoms. The molecule has 1 heterocycles. The number of piperazine rings is 1. The molecule has 0 atom stereocenters. The van der Waals surface area contributed by atoms with E-state index in [1.807, 2.05) is 13.8 Å². The first-order valence-electron chi connectivity index (χ1n) is 5.16. The van der Waals surface area contributed by atoms with Crippen molar-refractivity contribution in [3.05, 3.63) is 0 Å². The van der Waals surface area contributed by atoms with Gasteiger partial charge in [-0.25, -0.2) is 0 Å². The van der Waals surface area contributed by atoms with Gasteiger partial charge < -0.3 is 14.5 Å². The molecule has 0 saturated carbocycles. The second-order valence-electron chi connectivity index (χ2n) is 3.88. The maximum Gasteiger partial charge on any atom is 0.312 e. The number of hydrogen-bond acceptors (Lipinski definition) is 3. The summed E-state index contributed by atoms with van der Waals surface area (Å²) in [6.45, 7) is 6.01. The summed E-state index contributed by atoms with van der Waals surface area (Å²) in [7, 11) is 1.58. The van der Waals surface area contributed by atoms with E-state index in [-0.39, 0.29) is 6.04 Å². The molecule has 5 heteroatoms. The SMILES string of the molecule is COCCN1CCN(C(C)C)C(=O)C1=O. The molecule has 0 aliphatic carbocycles. The van der Waals surface area contributed by atoms with E-state index in [2.05, 4.69) is 0 Å². The molecule has 1 rings (SSSR count). The Bertz CT molecular complexity index is 253. The third-order valence-corrected chi connectivity index (χ3v) is 2.53. The van der Waals surface area contributed by atoms with Gasteiger partial charge in [0.1, 0.15) is 0 Å². The summed E-state index contributed by atoms with van der Waals surface area (Å²) >= 11 is 0. The maximum atomic E-state index is 11.6. The third-order valence-electron chi connectivity index (χ3n) is 2.53. The van der Waals surface area contributed by atoms with Crippen molar-refractivity contribution in [3.8, 4) is 0 Å². The molecule has 1 fully saturated rings. The van der Waals surface area contributed by atoms with E-state index in [0.717, 1.165) is 0 Å². The number of nitrogens with zero attached hydrogens (tertiary/aromatic N) is 2. The number of carbonyl (C=O) groups excluding carboxylic acids is 2. The summed E-state index contributed by atoms with van der Waals surface area (Å²) < 4.78 is 4.88. The Hall–Kier alpha value is -1.10. The lowest BCUT2D eigenvalue weighted by molar-refractivity contribution is -0.157. The van der Waals surface area contributed by atoms with E-state index in [4.69, 9.17) is 4.74 Å². The van der Waals surface area contributed by atoms with Crippen molar-refractivity contribution in [2.75, 3.05) is 33.4 Å². The van der Waals surface area contributed by atoms with Crippen LogP contribution in [0.15, 0.2) is 0 Å². The van der Waals surface area contributed by atoms with Gasteiger partial charge in [-0.3, -0.25) is 9.59 Å². The topological polar surface area (TPSA) is 49.9 Å².